The van der Waals surface area contributed by atoms with Crippen LogP contribution in [0.15, 0.2) is 28.7 Å². The Bertz CT molecular complexity index is 1870. The van der Waals surface area contributed by atoms with Crippen molar-refractivity contribution in [3.8, 4) is 5.75 Å². The van der Waals surface area contributed by atoms with Gasteiger partial charge in [-0.15, -0.1) is 15.6 Å². The van der Waals surface area contributed by atoms with Gasteiger partial charge in [-0.25, -0.2) is 9.78 Å². The topological polar surface area (TPSA) is 268 Å². The molecule has 2 aromatic rings. The highest BCUT2D eigenvalue weighted by atomic mass is 32.3. The van der Waals surface area contributed by atoms with Crippen molar-refractivity contribution in [2.75, 3.05) is 18.8 Å². The summed E-state index contributed by atoms with van der Waals surface area (Å²) >= 11 is 0.968. The number of benzene rings is 1. The molecular weight excluding hydrogens is 697 g/mol. The van der Waals surface area contributed by atoms with Gasteiger partial charge in [0.25, 0.3) is 17.4 Å². The first kappa shape index (κ1) is 35.5. The van der Waals surface area contributed by atoms with E-state index in [1.807, 2.05) is 6.07 Å². The molecular formula is C30H38N8O10S2. The largest absolute Gasteiger partial charge is 0.485 e. The molecule has 6 rings (SSSR count). The zero-order valence-electron chi connectivity index (χ0n) is 27.4. The van der Waals surface area contributed by atoms with Crippen LogP contribution < -0.4 is 26.4 Å². The van der Waals surface area contributed by atoms with Crippen LogP contribution in [-0.4, -0.2) is 99.9 Å². The average Bonchev–Trinajstić information content (AvgIpc) is 3.70. The van der Waals surface area contributed by atoms with Crippen LogP contribution in [0, 0.1) is 10.8 Å². The van der Waals surface area contributed by atoms with Crippen molar-refractivity contribution < 1.29 is 46.3 Å². The molecule has 1 aromatic carbocycles. The Balaban J connectivity index is 1.16. The molecule has 2 saturated heterocycles. The van der Waals surface area contributed by atoms with Gasteiger partial charge in [0.05, 0.1) is 5.54 Å². The molecule has 0 unspecified atom stereocenters. The summed E-state index contributed by atoms with van der Waals surface area (Å²) in [5.74, 6) is -2.70. The fourth-order valence-corrected chi connectivity index (χ4v) is 7.85. The van der Waals surface area contributed by atoms with Crippen LogP contribution in [0.2, 0.25) is 0 Å². The lowest BCUT2D eigenvalue weighted by atomic mass is 9.65. The standard InChI is InChI=1S/C30H38N8O10S2/c1-28(2)22(25(40)38(28)48-50(43,44)45)36-24(39)21(18-13-49-27(32)35-18)37-47-29(3,26(41)42)20-7-5-15-10-16(4-6-19(15)46-20)23(31)34-17-11-30(12-17)8-9-33-14-30/h4,6,10,13,17,20,22,33H,5,7-9,11-12,14H2,1-3H3,(H2,31,34)(H2,32,35)(H,36,39)(H,41,42)(H,43,44,45)/b37-21-/t17-,20-,22-,29+,30-/m1/s1. The van der Waals surface area contributed by atoms with Crippen LogP contribution >= 0.6 is 11.3 Å². The molecule has 20 heteroatoms. The average molecular weight is 735 g/mol. The summed E-state index contributed by atoms with van der Waals surface area (Å²) in [6.45, 7) is 6.05. The van der Waals surface area contributed by atoms with Crippen molar-refractivity contribution >= 4 is 56.2 Å². The number of amides is 2. The number of thiazole rings is 1. The minimum Gasteiger partial charge on any atom is -0.485 e. The van der Waals surface area contributed by atoms with Gasteiger partial charge in [-0.3, -0.25) is 19.6 Å². The number of oxime groups is 1. The minimum absolute atomic E-state index is 0.0619. The Morgan fingerprint density at radius 2 is 2.04 bits per heavy atom. The third-order valence-electron chi connectivity index (χ3n) is 9.80. The maximum Gasteiger partial charge on any atom is 0.418 e. The number of rotatable bonds is 11. The molecule has 50 heavy (non-hydrogen) atoms. The Morgan fingerprint density at radius 1 is 1.30 bits per heavy atom. The molecule has 2 amide bonds. The first-order valence-electron chi connectivity index (χ1n) is 15.8. The second-order valence-corrected chi connectivity index (χ2v) is 15.6. The summed E-state index contributed by atoms with van der Waals surface area (Å²) < 4.78 is 41.8. The highest BCUT2D eigenvalue weighted by Gasteiger charge is 2.58. The van der Waals surface area contributed by atoms with E-state index in [2.05, 4.69) is 30.4 Å². The third kappa shape index (κ3) is 6.72. The van der Waals surface area contributed by atoms with E-state index >= 15 is 0 Å². The van der Waals surface area contributed by atoms with Gasteiger partial charge in [0, 0.05) is 23.5 Å². The minimum atomic E-state index is -5.03. The predicted molar refractivity (Wildman–Crippen MR) is 178 cm³/mol. The van der Waals surface area contributed by atoms with Crippen LogP contribution in [0.5, 0.6) is 5.75 Å². The van der Waals surface area contributed by atoms with Crippen LogP contribution in [0.4, 0.5) is 5.13 Å². The highest BCUT2D eigenvalue weighted by molar-refractivity contribution is 7.80. The molecule has 3 aliphatic heterocycles. The van der Waals surface area contributed by atoms with E-state index in [4.69, 9.17) is 25.3 Å². The van der Waals surface area contributed by atoms with Crippen molar-refractivity contribution in [1.29, 1.82) is 5.41 Å². The number of carbonyl (C=O) groups excluding carboxylic acids is 2. The van der Waals surface area contributed by atoms with Gasteiger partial charge < -0.3 is 36.4 Å². The van der Waals surface area contributed by atoms with E-state index in [0.717, 1.165) is 49.3 Å². The van der Waals surface area contributed by atoms with Gasteiger partial charge in [-0.2, -0.15) is 13.5 Å². The van der Waals surface area contributed by atoms with E-state index in [1.54, 1.807) is 12.1 Å². The lowest BCUT2D eigenvalue weighted by Gasteiger charge is -2.50. The Labute approximate surface area is 291 Å². The number of carboxylic acid groups (broad SMARTS) is 1. The molecule has 270 valence electrons. The number of aliphatic carboxylic acids is 1. The molecule has 0 bridgehead atoms. The number of β-lactam (4-membered cyclic amide) rings is 1. The molecule has 4 heterocycles. The number of nitrogens with one attached hydrogen (secondary N) is 4. The quantitative estimate of drug-likeness (QED) is 0.0548. The Morgan fingerprint density at radius 3 is 2.64 bits per heavy atom. The second-order valence-electron chi connectivity index (χ2n) is 13.7. The number of ether oxygens (including phenoxy) is 1. The predicted octanol–water partition coefficient (Wildman–Crippen LogP) is 0.580. The normalized spacial score (nSPS) is 26.9. The molecule has 8 N–H and O–H groups in total. The number of aromatic nitrogens is 1. The van der Waals surface area contributed by atoms with Crippen molar-refractivity contribution in [1.82, 2.24) is 26.0 Å². The maximum absolute atomic E-state index is 13.5. The summed E-state index contributed by atoms with van der Waals surface area (Å²) in [7, 11) is -5.03. The van der Waals surface area contributed by atoms with Crippen molar-refractivity contribution in [2.24, 2.45) is 10.6 Å². The van der Waals surface area contributed by atoms with Crippen LogP contribution in [-0.2, 0) is 40.3 Å². The number of nitrogen functional groups attached to an aromatic ring is 1. The summed E-state index contributed by atoms with van der Waals surface area (Å²) in [5.41, 5.74) is 3.45. The molecule has 0 radical (unpaired) electrons. The Kier molecular flexibility index (Phi) is 9.04. The lowest BCUT2D eigenvalue weighted by molar-refractivity contribution is -0.218. The summed E-state index contributed by atoms with van der Waals surface area (Å²) in [6.07, 6.45) is 2.75. The van der Waals surface area contributed by atoms with Gasteiger partial charge in [0.15, 0.2) is 16.9 Å². The van der Waals surface area contributed by atoms with Gasteiger partial charge in [0.2, 0.25) is 0 Å². The lowest BCUT2D eigenvalue weighted by Crippen LogP contribution is -2.76. The molecule has 1 spiro atoms. The molecule has 3 atom stereocenters. The maximum atomic E-state index is 13.5. The molecule has 1 aromatic heterocycles. The number of carbonyl (C=O) groups is 3. The number of hydrogen-bond donors (Lipinski definition) is 7. The molecule has 1 aliphatic carbocycles. The van der Waals surface area contributed by atoms with Crippen molar-refractivity contribution in [2.45, 2.75) is 82.2 Å². The number of nitrogens with zero attached hydrogens (tertiary/aromatic N) is 3. The van der Waals surface area contributed by atoms with E-state index in [-0.39, 0.29) is 23.3 Å². The number of amidine groups is 1. The van der Waals surface area contributed by atoms with Gasteiger partial charge >= 0.3 is 16.4 Å². The molecule has 18 nitrogen and oxygen atoms in total. The number of hydrogen-bond acceptors (Lipinski definition) is 14. The SMILES string of the molecule is CC1(C)[C@H](NC(=O)/C(=N\O[C@](C)(C(=O)O)[C@H]2CCc3cc(C(=N)N[C@H]4C[C@@]5(CCNC5)C4)ccc3O2)c2csc(N)n2)C(=O)N1OS(=O)(=O)O. The van der Waals surface area contributed by atoms with Crippen molar-refractivity contribution in [3.63, 3.8) is 0 Å². The number of fused-ring (bicyclic) bond motifs is 1. The fourth-order valence-electron chi connectivity index (χ4n) is 6.85. The van der Waals surface area contributed by atoms with E-state index < -0.39 is 57.2 Å². The van der Waals surface area contributed by atoms with E-state index in [9.17, 15) is 27.9 Å². The zero-order valence-corrected chi connectivity index (χ0v) is 29.0. The van der Waals surface area contributed by atoms with Crippen LogP contribution in [0.1, 0.15) is 63.3 Å². The van der Waals surface area contributed by atoms with Crippen LogP contribution in [0.3, 0.4) is 0 Å². The molecule has 1 saturated carbocycles. The summed E-state index contributed by atoms with van der Waals surface area (Å²) in [4.78, 5) is 48.4. The monoisotopic (exact) mass is 734 g/mol. The first-order valence-corrected chi connectivity index (χ1v) is 18.0. The number of anilines is 1. The van der Waals surface area contributed by atoms with Gasteiger partial charge in [-0.1, -0.05) is 5.16 Å². The fraction of sp³-hybridized carbons (Fsp3) is 0.533. The highest BCUT2D eigenvalue weighted by Crippen LogP contribution is 2.45. The van der Waals surface area contributed by atoms with Crippen molar-refractivity contribution in [3.05, 3.63) is 40.4 Å². The van der Waals surface area contributed by atoms with E-state index in [0.29, 0.717) is 34.0 Å². The number of nitrogens with two attached hydrogens (primary N) is 1. The molecule has 4 aliphatic rings. The van der Waals surface area contributed by atoms with E-state index in [1.165, 1.54) is 26.2 Å². The number of aryl methyl sites for hydroxylation is 1. The smallest absolute Gasteiger partial charge is 0.418 e. The van der Waals surface area contributed by atoms with Gasteiger partial charge in [-0.05, 0) is 88.6 Å². The summed E-state index contributed by atoms with van der Waals surface area (Å²) in [6, 6.07) is 4.18. The molecule has 3 fully saturated rings. The second kappa shape index (κ2) is 12.7. The number of carboxylic acids is 1. The van der Waals surface area contributed by atoms with Gasteiger partial charge in [0.1, 0.15) is 23.3 Å². The first-order chi connectivity index (χ1) is 23.4. The Hall–Kier alpha value is -4.37. The van der Waals surface area contributed by atoms with Crippen LogP contribution in [0.25, 0.3) is 0 Å². The zero-order chi connectivity index (χ0) is 36.2. The number of hydroxylamine groups is 2. The third-order valence-corrected chi connectivity index (χ3v) is 10.8. The summed E-state index contributed by atoms with van der Waals surface area (Å²) in [5, 5.41) is 33.8.